The summed E-state index contributed by atoms with van der Waals surface area (Å²) in [6.07, 6.45) is -0.0788. The third kappa shape index (κ3) is 4.35. The van der Waals surface area contributed by atoms with Crippen LogP contribution in [0.15, 0.2) is 24.3 Å². The van der Waals surface area contributed by atoms with E-state index in [1.807, 2.05) is 45.0 Å². The van der Waals surface area contributed by atoms with Gasteiger partial charge in [0.05, 0.1) is 6.42 Å². The molecule has 3 N–H and O–H groups in total. The number of rotatable bonds is 6. The van der Waals surface area contributed by atoms with Crippen molar-refractivity contribution >= 4 is 11.9 Å². The van der Waals surface area contributed by atoms with Crippen molar-refractivity contribution < 1.29 is 14.7 Å². The molecular formula is C15H22N2O3. The van der Waals surface area contributed by atoms with Crippen molar-refractivity contribution in [1.82, 2.24) is 4.90 Å². The molecule has 0 aliphatic rings. The highest BCUT2D eigenvalue weighted by Crippen LogP contribution is 2.16. The van der Waals surface area contributed by atoms with Gasteiger partial charge in [0.25, 0.3) is 0 Å². The fraction of sp³-hybridized carbons (Fsp3) is 0.467. The predicted octanol–water partition coefficient (Wildman–Crippen LogP) is 1.71. The van der Waals surface area contributed by atoms with E-state index in [2.05, 4.69) is 0 Å². The van der Waals surface area contributed by atoms with Crippen molar-refractivity contribution in [1.29, 1.82) is 0 Å². The van der Waals surface area contributed by atoms with Crippen molar-refractivity contribution in [2.45, 2.75) is 39.3 Å². The van der Waals surface area contributed by atoms with E-state index in [0.29, 0.717) is 0 Å². The van der Waals surface area contributed by atoms with Crippen LogP contribution in [0.4, 0.5) is 0 Å². The number of hydrogen-bond donors (Lipinski definition) is 2. The minimum atomic E-state index is -0.924. The number of aliphatic carboxylic acids is 1. The number of nitrogens with two attached hydrogens (primary N) is 1. The van der Waals surface area contributed by atoms with Crippen LogP contribution in [0.25, 0.3) is 0 Å². The molecule has 110 valence electrons. The summed E-state index contributed by atoms with van der Waals surface area (Å²) in [6, 6.07) is 6.62. The summed E-state index contributed by atoms with van der Waals surface area (Å²) < 4.78 is 0. The van der Waals surface area contributed by atoms with Gasteiger partial charge in [-0.05, 0) is 26.3 Å². The molecule has 5 heteroatoms. The second-order valence-electron chi connectivity index (χ2n) is 5.16. The highest BCUT2D eigenvalue weighted by Gasteiger charge is 2.24. The number of amides is 1. The molecule has 1 aromatic carbocycles. The Morgan fingerprint density at radius 3 is 2.25 bits per heavy atom. The summed E-state index contributed by atoms with van der Waals surface area (Å²) in [5.41, 5.74) is 7.83. The van der Waals surface area contributed by atoms with Gasteiger partial charge in [0, 0.05) is 12.6 Å². The van der Waals surface area contributed by atoms with Gasteiger partial charge in [0.2, 0.25) is 5.91 Å². The minimum absolute atomic E-state index is 0.0788. The Morgan fingerprint density at radius 2 is 1.80 bits per heavy atom. The first-order chi connectivity index (χ1) is 9.32. The van der Waals surface area contributed by atoms with Gasteiger partial charge in [-0.25, -0.2) is 0 Å². The van der Waals surface area contributed by atoms with Crippen LogP contribution in [0.1, 0.15) is 37.4 Å². The molecule has 1 aromatic rings. The van der Waals surface area contributed by atoms with E-state index in [9.17, 15) is 9.59 Å². The maximum absolute atomic E-state index is 12.4. The lowest BCUT2D eigenvalue weighted by Crippen LogP contribution is -2.43. The molecule has 0 aliphatic carbocycles. The molecule has 5 nitrogen and oxygen atoms in total. The van der Waals surface area contributed by atoms with Crippen molar-refractivity contribution in [2.24, 2.45) is 5.73 Å². The SMILES string of the molecule is Cc1ccc(C(N)C(=O)N(CCC(=O)O)C(C)C)cc1. The van der Waals surface area contributed by atoms with Crippen LogP contribution in [-0.2, 0) is 9.59 Å². The van der Waals surface area contributed by atoms with Gasteiger partial charge in [-0.15, -0.1) is 0 Å². The molecule has 0 fully saturated rings. The first-order valence-corrected chi connectivity index (χ1v) is 6.67. The van der Waals surface area contributed by atoms with Crippen LogP contribution in [0.2, 0.25) is 0 Å². The Bertz CT molecular complexity index is 469. The molecule has 0 aliphatic heterocycles. The van der Waals surface area contributed by atoms with E-state index in [4.69, 9.17) is 10.8 Å². The van der Waals surface area contributed by atoms with Gasteiger partial charge < -0.3 is 15.7 Å². The van der Waals surface area contributed by atoms with Gasteiger partial charge in [-0.1, -0.05) is 29.8 Å². The van der Waals surface area contributed by atoms with Crippen molar-refractivity contribution in [3.63, 3.8) is 0 Å². The summed E-state index contributed by atoms with van der Waals surface area (Å²) in [6.45, 7) is 5.83. The van der Waals surface area contributed by atoms with Gasteiger partial charge in [0.15, 0.2) is 0 Å². The Hall–Kier alpha value is -1.88. The molecule has 0 saturated heterocycles. The molecule has 0 aromatic heterocycles. The zero-order valence-electron chi connectivity index (χ0n) is 12.2. The van der Waals surface area contributed by atoms with Crippen LogP contribution in [0, 0.1) is 6.92 Å². The van der Waals surface area contributed by atoms with Gasteiger partial charge in [0.1, 0.15) is 6.04 Å². The Balaban J connectivity index is 2.82. The molecule has 20 heavy (non-hydrogen) atoms. The first-order valence-electron chi connectivity index (χ1n) is 6.67. The quantitative estimate of drug-likeness (QED) is 0.829. The number of carboxylic acid groups (broad SMARTS) is 1. The van der Waals surface area contributed by atoms with Crippen LogP contribution < -0.4 is 5.73 Å². The van der Waals surface area contributed by atoms with Crippen molar-refractivity contribution in [2.75, 3.05) is 6.54 Å². The Kier molecular flexibility index (Phi) is 5.70. The van der Waals surface area contributed by atoms with E-state index in [1.165, 1.54) is 4.90 Å². The van der Waals surface area contributed by atoms with Crippen molar-refractivity contribution in [3.05, 3.63) is 35.4 Å². The standard InChI is InChI=1S/C15H22N2O3/c1-10(2)17(9-8-13(18)19)15(20)14(16)12-6-4-11(3)5-7-12/h4-7,10,14H,8-9,16H2,1-3H3,(H,18,19). The smallest absolute Gasteiger partial charge is 0.305 e. The van der Waals surface area contributed by atoms with E-state index >= 15 is 0 Å². The first kappa shape index (κ1) is 16.2. The lowest BCUT2D eigenvalue weighted by atomic mass is 10.0. The average Bonchev–Trinajstić information content (AvgIpc) is 2.38. The normalized spacial score (nSPS) is 12.2. The van der Waals surface area contributed by atoms with E-state index in [0.717, 1.165) is 11.1 Å². The number of hydrogen-bond acceptors (Lipinski definition) is 3. The Morgan fingerprint density at radius 1 is 1.25 bits per heavy atom. The zero-order chi connectivity index (χ0) is 15.3. The molecule has 0 saturated carbocycles. The number of benzene rings is 1. The van der Waals surface area contributed by atoms with E-state index < -0.39 is 12.0 Å². The molecular weight excluding hydrogens is 256 g/mol. The predicted molar refractivity (Wildman–Crippen MR) is 77.2 cm³/mol. The van der Waals surface area contributed by atoms with Gasteiger partial charge in [-0.2, -0.15) is 0 Å². The highest BCUT2D eigenvalue weighted by molar-refractivity contribution is 5.83. The monoisotopic (exact) mass is 278 g/mol. The van der Waals surface area contributed by atoms with Crippen LogP contribution in [0.5, 0.6) is 0 Å². The third-order valence-electron chi connectivity index (χ3n) is 3.18. The third-order valence-corrected chi connectivity index (χ3v) is 3.18. The zero-order valence-corrected chi connectivity index (χ0v) is 12.2. The largest absolute Gasteiger partial charge is 0.481 e. The second-order valence-corrected chi connectivity index (χ2v) is 5.16. The van der Waals surface area contributed by atoms with Crippen LogP contribution >= 0.6 is 0 Å². The molecule has 0 heterocycles. The maximum Gasteiger partial charge on any atom is 0.305 e. The molecule has 1 amide bonds. The molecule has 0 bridgehead atoms. The van der Waals surface area contributed by atoms with E-state index in [1.54, 1.807) is 0 Å². The topological polar surface area (TPSA) is 83.6 Å². The molecule has 1 unspecified atom stereocenters. The van der Waals surface area contributed by atoms with Crippen LogP contribution in [0.3, 0.4) is 0 Å². The number of carboxylic acids is 1. The number of carbonyl (C=O) groups is 2. The lowest BCUT2D eigenvalue weighted by molar-refractivity contribution is -0.139. The fourth-order valence-electron chi connectivity index (χ4n) is 1.93. The minimum Gasteiger partial charge on any atom is -0.481 e. The van der Waals surface area contributed by atoms with Crippen molar-refractivity contribution in [3.8, 4) is 0 Å². The molecule has 1 atom stereocenters. The summed E-state index contributed by atoms with van der Waals surface area (Å²) in [5, 5.41) is 8.74. The van der Waals surface area contributed by atoms with Gasteiger partial charge in [-0.3, -0.25) is 9.59 Å². The Labute approximate surface area is 119 Å². The summed E-state index contributed by atoms with van der Waals surface area (Å²) in [7, 11) is 0. The molecule has 0 radical (unpaired) electrons. The van der Waals surface area contributed by atoms with Gasteiger partial charge >= 0.3 is 5.97 Å². The summed E-state index contributed by atoms with van der Waals surface area (Å²) in [5.74, 6) is -1.17. The number of carbonyl (C=O) groups excluding carboxylic acids is 1. The summed E-state index contributed by atoms with van der Waals surface area (Å²) in [4.78, 5) is 24.6. The molecule has 0 spiro atoms. The lowest BCUT2D eigenvalue weighted by Gasteiger charge is -2.29. The number of aryl methyl sites for hydroxylation is 1. The average molecular weight is 278 g/mol. The fourth-order valence-corrected chi connectivity index (χ4v) is 1.93. The highest BCUT2D eigenvalue weighted by atomic mass is 16.4. The maximum atomic E-state index is 12.4. The number of nitrogens with zero attached hydrogens (tertiary/aromatic N) is 1. The molecule has 1 rings (SSSR count). The van der Waals surface area contributed by atoms with E-state index in [-0.39, 0.29) is 24.9 Å². The van der Waals surface area contributed by atoms with Crippen LogP contribution in [-0.4, -0.2) is 34.5 Å². The second kappa shape index (κ2) is 7.05. The summed E-state index contributed by atoms with van der Waals surface area (Å²) >= 11 is 0.